The number of aliphatic hydroxyl groups is 2. The number of thiophene rings is 1. The monoisotopic (exact) mass is 571 g/mol. The Kier molecular flexibility index (Phi) is 7.32. The highest BCUT2D eigenvalue weighted by Crippen LogP contribution is 2.42. The van der Waals surface area contributed by atoms with Gasteiger partial charge in [-0.3, -0.25) is 10.1 Å². The van der Waals surface area contributed by atoms with E-state index in [-0.39, 0.29) is 16.3 Å². The number of fused-ring (bicyclic) bond motifs is 1. The number of aromatic nitrogens is 3. The molecule has 196 valence electrons. The molecule has 3 heterocycles. The van der Waals surface area contributed by atoms with Crippen LogP contribution < -0.4 is 10.5 Å². The first-order valence-corrected chi connectivity index (χ1v) is 13.8. The Morgan fingerprint density at radius 2 is 2.11 bits per heavy atom. The number of nitrogen functional groups attached to an aromatic ring is 1. The average Bonchev–Trinajstić information content (AvgIpc) is 3.61. The third-order valence-corrected chi connectivity index (χ3v) is 8.85. The molecule has 0 saturated heterocycles. The summed E-state index contributed by atoms with van der Waals surface area (Å²) in [4.78, 5) is 5.51. The lowest BCUT2D eigenvalue weighted by Crippen LogP contribution is -2.25. The predicted molar refractivity (Wildman–Crippen MR) is 148 cm³/mol. The van der Waals surface area contributed by atoms with Crippen LogP contribution in [0.2, 0.25) is 5.02 Å². The summed E-state index contributed by atoms with van der Waals surface area (Å²) in [5.74, 6) is -0.697. The van der Waals surface area contributed by atoms with E-state index in [1.807, 2.05) is 24.3 Å². The van der Waals surface area contributed by atoms with Crippen molar-refractivity contribution >= 4 is 49.7 Å². The summed E-state index contributed by atoms with van der Waals surface area (Å²) < 4.78 is 32.3. The van der Waals surface area contributed by atoms with Gasteiger partial charge >= 0.3 is 0 Å². The van der Waals surface area contributed by atoms with E-state index in [1.165, 1.54) is 42.8 Å². The van der Waals surface area contributed by atoms with E-state index < -0.39 is 35.1 Å². The Labute approximate surface area is 228 Å². The fraction of sp³-hybridized carbons (Fsp3) is 0.154. The van der Waals surface area contributed by atoms with Crippen molar-refractivity contribution in [2.24, 2.45) is 0 Å². The van der Waals surface area contributed by atoms with Crippen LogP contribution in [-0.2, 0) is 16.6 Å². The highest BCUT2D eigenvalue weighted by Gasteiger charge is 2.28. The Bertz CT molecular complexity index is 1640. The van der Waals surface area contributed by atoms with Gasteiger partial charge in [0.2, 0.25) is 0 Å². The fourth-order valence-electron chi connectivity index (χ4n) is 4.06. The molecule has 6 N–H and O–H groups in total. The zero-order chi connectivity index (χ0) is 27.0. The summed E-state index contributed by atoms with van der Waals surface area (Å²) in [6.45, 7) is 1.08. The van der Waals surface area contributed by atoms with Crippen LogP contribution >= 0.6 is 22.9 Å². The molecule has 2 aromatic carbocycles. The Morgan fingerprint density at radius 3 is 2.84 bits per heavy atom. The predicted octanol–water partition coefficient (Wildman–Crippen LogP) is 4.66. The number of anilines is 1. The molecule has 0 amide bonds. The molecule has 5 aromatic rings. The Balaban J connectivity index is 1.65. The van der Waals surface area contributed by atoms with E-state index in [0.29, 0.717) is 21.0 Å². The maximum absolute atomic E-state index is 15.4. The molecule has 0 aliphatic rings. The van der Waals surface area contributed by atoms with Crippen LogP contribution in [-0.4, -0.2) is 36.2 Å². The number of aromatic amines is 1. The molecule has 0 fully saturated rings. The number of hydrogen-bond acceptors (Lipinski definition) is 7. The van der Waals surface area contributed by atoms with Gasteiger partial charge in [0.15, 0.2) is 5.82 Å². The summed E-state index contributed by atoms with van der Waals surface area (Å²) in [5.41, 5.74) is 6.33. The number of benzene rings is 2. The molecule has 0 bridgehead atoms. The highest BCUT2D eigenvalue weighted by molar-refractivity contribution is 7.83. The van der Waals surface area contributed by atoms with Crippen molar-refractivity contribution in [1.82, 2.24) is 19.9 Å². The average molecular weight is 572 g/mol. The summed E-state index contributed by atoms with van der Waals surface area (Å²) in [7, 11) is -1.75. The second-order valence-electron chi connectivity index (χ2n) is 8.85. The van der Waals surface area contributed by atoms with Gasteiger partial charge in [0.05, 0.1) is 35.1 Å². The number of nitrogens with two attached hydrogens (primary N) is 1. The molecule has 8 nitrogen and oxygen atoms in total. The smallest absolute Gasteiger partial charge is 0.152 e. The molecule has 0 radical (unpaired) electrons. The molecule has 0 saturated carbocycles. The van der Waals surface area contributed by atoms with E-state index >= 15 is 4.39 Å². The van der Waals surface area contributed by atoms with E-state index in [0.717, 1.165) is 15.6 Å². The number of pyridine rings is 1. The summed E-state index contributed by atoms with van der Waals surface area (Å²) in [6, 6.07) is 12.9. The van der Waals surface area contributed by atoms with Crippen molar-refractivity contribution in [3.05, 3.63) is 94.0 Å². The number of hydrogen-bond donors (Lipinski definition) is 5. The third-order valence-electron chi connectivity index (χ3n) is 6.17. The van der Waals surface area contributed by atoms with Crippen molar-refractivity contribution in [1.29, 1.82) is 0 Å². The molecular formula is C26H23ClFN5O3S2. The number of nitrogens with zero attached hydrogens (tertiary/aromatic N) is 2. The number of nitrogens with one attached hydrogen (secondary N) is 2. The van der Waals surface area contributed by atoms with Gasteiger partial charge in [0.25, 0.3) is 0 Å². The fourth-order valence-corrected chi connectivity index (χ4v) is 6.53. The maximum Gasteiger partial charge on any atom is 0.152 e. The molecule has 3 atom stereocenters. The van der Waals surface area contributed by atoms with Gasteiger partial charge in [-0.05, 0) is 48.2 Å². The first kappa shape index (κ1) is 26.4. The van der Waals surface area contributed by atoms with Crippen LogP contribution in [0.5, 0.6) is 0 Å². The van der Waals surface area contributed by atoms with Gasteiger partial charge in [-0.25, -0.2) is 13.3 Å². The quantitative estimate of drug-likeness (QED) is 0.172. The molecule has 12 heteroatoms. The van der Waals surface area contributed by atoms with Crippen LogP contribution in [0.1, 0.15) is 29.0 Å². The van der Waals surface area contributed by atoms with E-state index in [1.54, 1.807) is 18.3 Å². The Morgan fingerprint density at radius 1 is 1.29 bits per heavy atom. The minimum Gasteiger partial charge on any atom is -0.396 e. The first-order valence-electron chi connectivity index (χ1n) is 11.4. The van der Waals surface area contributed by atoms with Crippen molar-refractivity contribution in [3.63, 3.8) is 0 Å². The van der Waals surface area contributed by atoms with E-state index in [9.17, 15) is 14.4 Å². The largest absolute Gasteiger partial charge is 0.396 e. The van der Waals surface area contributed by atoms with Crippen molar-refractivity contribution < 1.29 is 18.8 Å². The number of rotatable bonds is 8. The molecule has 38 heavy (non-hydrogen) atoms. The van der Waals surface area contributed by atoms with Crippen LogP contribution in [0.25, 0.3) is 21.3 Å². The van der Waals surface area contributed by atoms with Crippen molar-refractivity contribution in [2.75, 3.05) is 12.3 Å². The topological polar surface area (TPSA) is 137 Å². The van der Waals surface area contributed by atoms with Gasteiger partial charge in [0.1, 0.15) is 16.6 Å². The van der Waals surface area contributed by atoms with Crippen LogP contribution in [0.15, 0.2) is 72.0 Å². The zero-order valence-electron chi connectivity index (χ0n) is 20.0. The summed E-state index contributed by atoms with van der Waals surface area (Å²) in [6.07, 6.45) is 4.48. The number of aliphatic hydroxyl groups excluding tert-OH is 1. The molecule has 3 unspecified atom stereocenters. The normalized spacial score (nSPS) is 14.9. The molecule has 0 aliphatic heterocycles. The minimum absolute atomic E-state index is 0.0794. The second-order valence-corrected chi connectivity index (χ2v) is 11.6. The van der Waals surface area contributed by atoms with Crippen LogP contribution in [0.3, 0.4) is 0 Å². The van der Waals surface area contributed by atoms with Gasteiger partial charge in [-0.2, -0.15) is 5.10 Å². The molecule has 0 aliphatic carbocycles. The zero-order valence-corrected chi connectivity index (χ0v) is 22.4. The maximum atomic E-state index is 15.4. The van der Waals surface area contributed by atoms with E-state index in [4.69, 9.17) is 17.3 Å². The number of halogens is 2. The van der Waals surface area contributed by atoms with Gasteiger partial charge in [-0.1, -0.05) is 29.8 Å². The SMILES string of the molecule is CC(O)(CO)c1ccnc(-c2cccc3cc(C(NS(=O)c4cn[nH]c4)c4c(Cl)ccc(N)c4F)sc23)c1. The van der Waals surface area contributed by atoms with Gasteiger partial charge < -0.3 is 15.9 Å². The number of H-pyrrole nitrogens is 1. The standard InChI is InChI=1S/C26H23ClFN5O3S2/c1-26(35,13-34)15-7-8-30-20(10-15)17-4-2-3-14-9-21(37-25(14)17)24(33-38(36)16-11-31-32-12-16)22-18(27)5-6-19(29)23(22)28/h2-12,24,33-35H,13,29H2,1H3,(H,31,32). The van der Waals surface area contributed by atoms with Crippen molar-refractivity contribution in [3.8, 4) is 11.3 Å². The van der Waals surface area contributed by atoms with Crippen molar-refractivity contribution in [2.45, 2.75) is 23.5 Å². The van der Waals surface area contributed by atoms with Gasteiger partial charge in [-0.15, -0.1) is 11.3 Å². The minimum atomic E-state index is -1.75. The summed E-state index contributed by atoms with van der Waals surface area (Å²) >= 11 is 7.82. The molecule has 3 aromatic heterocycles. The third kappa shape index (κ3) is 4.96. The molecule has 0 spiro atoms. The second kappa shape index (κ2) is 10.5. The first-order chi connectivity index (χ1) is 18.2. The highest BCUT2D eigenvalue weighted by atomic mass is 35.5. The molecule has 5 rings (SSSR count). The summed E-state index contributed by atoms with van der Waals surface area (Å²) in [5, 5.41) is 27.6. The Hall–Kier alpha value is -3.19. The van der Waals surface area contributed by atoms with Crippen LogP contribution in [0, 0.1) is 5.82 Å². The molecular weight excluding hydrogens is 549 g/mol. The van der Waals surface area contributed by atoms with E-state index in [2.05, 4.69) is 19.9 Å². The van der Waals surface area contributed by atoms with Gasteiger partial charge in [0, 0.05) is 38.1 Å². The van der Waals surface area contributed by atoms with Crippen LogP contribution in [0.4, 0.5) is 10.1 Å². The lowest BCUT2D eigenvalue weighted by atomic mass is 9.96. The lowest BCUT2D eigenvalue weighted by Gasteiger charge is -2.21. The lowest BCUT2D eigenvalue weighted by molar-refractivity contribution is -0.00230.